The fraction of sp³-hybridized carbons (Fsp3) is 0.562. The largest absolute Gasteiger partial charge is 0.490 e. The zero-order valence-corrected chi connectivity index (χ0v) is 12.6. The number of rotatable bonds is 3. The standard InChI is InChI=1S/C16H23NO3/c1-10-5-6-14-11(7-10)8-12(19-14)9-13(17)15(18)20-16(2,3)4/h5-7,12-13H,8-9,17H2,1-4H3. The molecule has 1 aromatic rings. The first-order chi connectivity index (χ1) is 9.24. The second kappa shape index (κ2) is 5.44. The SMILES string of the molecule is Cc1ccc2c(c1)CC(CC(N)C(=O)OC(C)(C)C)O2. The average molecular weight is 277 g/mol. The summed E-state index contributed by atoms with van der Waals surface area (Å²) in [4.78, 5) is 11.9. The normalized spacial score (nSPS) is 19.1. The summed E-state index contributed by atoms with van der Waals surface area (Å²) in [5, 5.41) is 0. The highest BCUT2D eigenvalue weighted by molar-refractivity contribution is 5.76. The number of carbonyl (C=O) groups excluding carboxylic acids is 1. The maximum atomic E-state index is 11.9. The van der Waals surface area contributed by atoms with Gasteiger partial charge in [0.15, 0.2) is 0 Å². The molecule has 0 radical (unpaired) electrons. The first kappa shape index (κ1) is 14.9. The summed E-state index contributed by atoms with van der Waals surface area (Å²) in [6.07, 6.45) is 1.23. The van der Waals surface area contributed by atoms with Crippen molar-refractivity contribution in [3.63, 3.8) is 0 Å². The van der Waals surface area contributed by atoms with Crippen molar-refractivity contribution in [3.8, 4) is 5.75 Å². The molecular formula is C16H23NO3. The lowest BCUT2D eigenvalue weighted by molar-refractivity contribution is -0.157. The molecule has 0 bridgehead atoms. The van der Waals surface area contributed by atoms with Gasteiger partial charge in [-0.2, -0.15) is 0 Å². The molecule has 20 heavy (non-hydrogen) atoms. The van der Waals surface area contributed by atoms with E-state index >= 15 is 0 Å². The minimum Gasteiger partial charge on any atom is -0.490 e. The summed E-state index contributed by atoms with van der Waals surface area (Å²) in [5.74, 6) is 0.533. The predicted molar refractivity (Wildman–Crippen MR) is 77.7 cm³/mol. The number of aryl methyl sites for hydroxylation is 1. The highest BCUT2D eigenvalue weighted by atomic mass is 16.6. The Labute approximate surface area is 120 Å². The molecule has 0 aromatic heterocycles. The number of hydrogen-bond donors (Lipinski definition) is 1. The van der Waals surface area contributed by atoms with Crippen LogP contribution in [0.4, 0.5) is 0 Å². The third-order valence-corrected chi connectivity index (χ3v) is 3.18. The van der Waals surface area contributed by atoms with E-state index in [0.717, 1.165) is 12.2 Å². The zero-order valence-electron chi connectivity index (χ0n) is 12.6. The lowest BCUT2D eigenvalue weighted by Gasteiger charge is -2.23. The smallest absolute Gasteiger partial charge is 0.323 e. The van der Waals surface area contributed by atoms with Crippen LogP contribution >= 0.6 is 0 Å². The van der Waals surface area contributed by atoms with Crippen molar-refractivity contribution in [2.24, 2.45) is 5.73 Å². The Morgan fingerprint density at radius 3 is 2.85 bits per heavy atom. The van der Waals surface area contributed by atoms with E-state index in [1.807, 2.05) is 32.9 Å². The van der Waals surface area contributed by atoms with E-state index in [1.54, 1.807) is 0 Å². The fourth-order valence-corrected chi connectivity index (χ4v) is 2.34. The Morgan fingerprint density at radius 2 is 2.20 bits per heavy atom. The van der Waals surface area contributed by atoms with Crippen molar-refractivity contribution in [1.29, 1.82) is 0 Å². The number of fused-ring (bicyclic) bond motifs is 1. The Hall–Kier alpha value is -1.55. The van der Waals surface area contributed by atoms with E-state index in [0.29, 0.717) is 6.42 Å². The van der Waals surface area contributed by atoms with Gasteiger partial charge < -0.3 is 15.2 Å². The second-order valence-electron chi connectivity index (χ2n) is 6.43. The molecule has 1 aliphatic rings. The van der Waals surface area contributed by atoms with Gasteiger partial charge in [0.1, 0.15) is 23.5 Å². The van der Waals surface area contributed by atoms with Gasteiger partial charge in [-0.05, 0) is 39.3 Å². The minimum absolute atomic E-state index is 0.0469. The van der Waals surface area contributed by atoms with Crippen LogP contribution in [0.2, 0.25) is 0 Å². The van der Waals surface area contributed by atoms with E-state index < -0.39 is 11.6 Å². The molecule has 0 aliphatic carbocycles. The van der Waals surface area contributed by atoms with Crippen molar-refractivity contribution >= 4 is 5.97 Å². The average Bonchev–Trinajstić information content (AvgIpc) is 2.67. The maximum Gasteiger partial charge on any atom is 0.323 e. The van der Waals surface area contributed by atoms with Crippen molar-refractivity contribution in [1.82, 2.24) is 0 Å². The van der Waals surface area contributed by atoms with Crippen LogP contribution in [0.25, 0.3) is 0 Å². The number of carbonyl (C=O) groups is 1. The lowest BCUT2D eigenvalue weighted by Crippen LogP contribution is -2.40. The number of ether oxygens (including phenoxy) is 2. The molecule has 110 valence electrons. The quantitative estimate of drug-likeness (QED) is 0.862. The molecule has 0 amide bonds. The van der Waals surface area contributed by atoms with Crippen molar-refractivity contribution < 1.29 is 14.3 Å². The molecule has 2 rings (SSSR count). The highest BCUT2D eigenvalue weighted by Crippen LogP contribution is 2.31. The van der Waals surface area contributed by atoms with Crippen LogP contribution in [0.3, 0.4) is 0 Å². The van der Waals surface area contributed by atoms with E-state index in [4.69, 9.17) is 15.2 Å². The van der Waals surface area contributed by atoms with Crippen LogP contribution in [-0.4, -0.2) is 23.7 Å². The van der Waals surface area contributed by atoms with Gasteiger partial charge in [-0.1, -0.05) is 17.7 Å². The Bertz CT molecular complexity index is 505. The Morgan fingerprint density at radius 1 is 1.50 bits per heavy atom. The lowest BCUT2D eigenvalue weighted by atomic mass is 10.0. The van der Waals surface area contributed by atoms with Crippen LogP contribution in [0, 0.1) is 6.92 Å². The van der Waals surface area contributed by atoms with Gasteiger partial charge in [0.2, 0.25) is 0 Å². The van der Waals surface area contributed by atoms with E-state index in [1.165, 1.54) is 11.1 Å². The molecule has 2 N–H and O–H groups in total. The minimum atomic E-state index is -0.644. The van der Waals surface area contributed by atoms with Crippen LogP contribution in [-0.2, 0) is 16.0 Å². The molecule has 1 heterocycles. The monoisotopic (exact) mass is 277 g/mol. The first-order valence-electron chi connectivity index (χ1n) is 6.99. The summed E-state index contributed by atoms with van der Waals surface area (Å²) in [7, 11) is 0. The number of esters is 1. The summed E-state index contributed by atoms with van der Waals surface area (Å²) in [6.45, 7) is 7.56. The molecule has 2 atom stereocenters. The number of nitrogens with two attached hydrogens (primary N) is 1. The topological polar surface area (TPSA) is 61.6 Å². The Balaban J connectivity index is 1.91. The van der Waals surface area contributed by atoms with Gasteiger partial charge in [-0.15, -0.1) is 0 Å². The van der Waals surface area contributed by atoms with Crippen LogP contribution < -0.4 is 10.5 Å². The highest BCUT2D eigenvalue weighted by Gasteiger charge is 2.29. The summed E-state index contributed by atoms with van der Waals surface area (Å²) in [6, 6.07) is 5.47. The number of hydrogen-bond acceptors (Lipinski definition) is 4. The Kier molecular flexibility index (Phi) is 4.04. The van der Waals surface area contributed by atoms with E-state index in [2.05, 4.69) is 13.0 Å². The van der Waals surface area contributed by atoms with Crippen molar-refractivity contribution in [2.45, 2.75) is 58.3 Å². The zero-order chi connectivity index (χ0) is 14.9. The molecule has 0 fully saturated rings. The molecular weight excluding hydrogens is 254 g/mol. The van der Waals surface area contributed by atoms with Gasteiger partial charge in [-0.25, -0.2) is 0 Å². The second-order valence-corrected chi connectivity index (χ2v) is 6.43. The summed E-state index contributed by atoms with van der Waals surface area (Å²) >= 11 is 0. The molecule has 4 heteroatoms. The third-order valence-electron chi connectivity index (χ3n) is 3.18. The first-order valence-corrected chi connectivity index (χ1v) is 6.99. The summed E-state index contributed by atoms with van der Waals surface area (Å²) in [5.41, 5.74) is 7.80. The molecule has 1 aliphatic heterocycles. The van der Waals surface area contributed by atoms with Gasteiger partial charge in [0.05, 0.1) is 0 Å². The molecule has 0 spiro atoms. The summed E-state index contributed by atoms with van der Waals surface area (Å²) < 4.78 is 11.1. The van der Waals surface area contributed by atoms with Crippen molar-refractivity contribution in [3.05, 3.63) is 29.3 Å². The predicted octanol–water partition coefficient (Wildman–Crippen LogP) is 2.36. The van der Waals surface area contributed by atoms with E-state index in [9.17, 15) is 4.79 Å². The molecule has 0 saturated carbocycles. The van der Waals surface area contributed by atoms with E-state index in [-0.39, 0.29) is 12.1 Å². The van der Waals surface area contributed by atoms with Gasteiger partial charge in [-0.3, -0.25) is 4.79 Å². The maximum absolute atomic E-state index is 11.9. The van der Waals surface area contributed by atoms with Crippen LogP contribution in [0.15, 0.2) is 18.2 Å². The van der Waals surface area contributed by atoms with Gasteiger partial charge in [0.25, 0.3) is 0 Å². The molecule has 2 unspecified atom stereocenters. The van der Waals surface area contributed by atoms with Crippen LogP contribution in [0.5, 0.6) is 5.75 Å². The van der Waals surface area contributed by atoms with Gasteiger partial charge in [0, 0.05) is 12.8 Å². The molecule has 1 aromatic carbocycles. The third kappa shape index (κ3) is 3.73. The number of benzene rings is 1. The molecule has 4 nitrogen and oxygen atoms in total. The fourth-order valence-electron chi connectivity index (χ4n) is 2.34. The van der Waals surface area contributed by atoms with Crippen molar-refractivity contribution in [2.75, 3.05) is 0 Å². The van der Waals surface area contributed by atoms with Gasteiger partial charge >= 0.3 is 5.97 Å². The van der Waals surface area contributed by atoms with Crippen LogP contribution in [0.1, 0.15) is 38.3 Å². The molecule has 0 saturated heterocycles.